The zero-order valence-corrected chi connectivity index (χ0v) is 9.45. The fraction of sp³-hybridized carbons (Fsp3) is 0.571. The Morgan fingerprint density at radius 1 is 1.40 bits per heavy atom. The number of rotatable bonds is 3. The van der Waals surface area contributed by atoms with Gasteiger partial charge in [-0.25, -0.2) is 0 Å². The lowest BCUT2D eigenvalue weighted by molar-refractivity contribution is 0.124. The number of hydrogen-bond acceptors (Lipinski definition) is 1. The van der Waals surface area contributed by atoms with E-state index in [0.717, 1.165) is 19.3 Å². The maximum atomic E-state index is 10.1. The summed E-state index contributed by atoms with van der Waals surface area (Å²) >= 11 is 0. The van der Waals surface area contributed by atoms with Crippen molar-refractivity contribution < 1.29 is 5.11 Å². The quantitative estimate of drug-likeness (QED) is 0.801. The number of hydrogen-bond donors (Lipinski definition) is 1. The normalized spacial score (nSPS) is 22.1. The highest BCUT2D eigenvalue weighted by atomic mass is 16.3. The van der Waals surface area contributed by atoms with Crippen molar-refractivity contribution in [3.05, 3.63) is 35.4 Å². The molecule has 1 heteroatoms. The molecule has 2 atom stereocenters. The third kappa shape index (κ3) is 2.23. The van der Waals surface area contributed by atoms with Gasteiger partial charge in [0.15, 0.2) is 0 Å². The van der Waals surface area contributed by atoms with Gasteiger partial charge in [0.2, 0.25) is 0 Å². The summed E-state index contributed by atoms with van der Waals surface area (Å²) in [4.78, 5) is 0. The van der Waals surface area contributed by atoms with Gasteiger partial charge < -0.3 is 5.11 Å². The lowest BCUT2D eigenvalue weighted by atomic mass is 9.79. The maximum Gasteiger partial charge on any atom is 0.0608 e. The van der Waals surface area contributed by atoms with Gasteiger partial charge in [-0.15, -0.1) is 0 Å². The first-order chi connectivity index (χ1) is 7.33. The van der Waals surface area contributed by atoms with Crippen LogP contribution in [0.3, 0.4) is 0 Å². The molecule has 0 saturated heterocycles. The molecule has 1 aromatic rings. The minimum Gasteiger partial charge on any atom is -0.392 e. The molecule has 1 aromatic carbocycles. The van der Waals surface area contributed by atoms with Crippen LogP contribution in [0, 0.1) is 0 Å². The molecule has 1 unspecified atom stereocenters. The molecule has 1 N–H and O–H groups in total. The van der Waals surface area contributed by atoms with E-state index in [4.69, 9.17) is 0 Å². The third-order valence-electron chi connectivity index (χ3n) is 3.46. The van der Waals surface area contributed by atoms with Crippen molar-refractivity contribution in [1.82, 2.24) is 0 Å². The summed E-state index contributed by atoms with van der Waals surface area (Å²) in [5, 5.41) is 10.1. The average molecular weight is 204 g/mol. The third-order valence-corrected chi connectivity index (χ3v) is 3.46. The van der Waals surface area contributed by atoms with Gasteiger partial charge in [0, 0.05) is 5.92 Å². The van der Waals surface area contributed by atoms with Crippen molar-refractivity contribution in [1.29, 1.82) is 0 Å². The summed E-state index contributed by atoms with van der Waals surface area (Å²) in [6.07, 6.45) is 5.42. The van der Waals surface area contributed by atoms with Crippen molar-refractivity contribution in [2.24, 2.45) is 0 Å². The van der Waals surface area contributed by atoms with Crippen LogP contribution in [0.15, 0.2) is 24.3 Å². The van der Waals surface area contributed by atoms with E-state index in [-0.39, 0.29) is 6.10 Å². The second-order valence-corrected chi connectivity index (χ2v) is 4.55. The number of benzene rings is 1. The topological polar surface area (TPSA) is 20.2 Å². The minimum atomic E-state index is -0.142. The van der Waals surface area contributed by atoms with Crippen LogP contribution < -0.4 is 0 Å². The highest BCUT2D eigenvalue weighted by molar-refractivity contribution is 5.33. The van der Waals surface area contributed by atoms with Crippen molar-refractivity contribution >= 4 is 0 Å². The van der Waals surface area contributed by atoms with Gasteiger partial charge in [0.25, 0.3) is 0 Å². The van der Waals surface area contributed by atoms with E-state index in [0.29, 0.717) is 5.92 Å². The van der Waals surface area contributed by atoms with Gasteiger partial charge in [-0.3, -0.25) is 0 Å². The van der Waals surface area contributed by atoms with Gasteiger partial charge >= 0.3 is 0 Å². The Kier molecular flexibility index (Phi) is 3.42. The summed E-state index contributed by atoms with van der Waals surface area (Å²) in [6, 6.07) is 8.60. The van der Waals surface area contributed by atoms with Gasteiger partial charge in [-0.2, -0.15) is 0 Å². The molecule has 0 heterocycles. The number of fused-ring (bicyclic) bond motifs is 1. The molecule has 0 bridgehead atoms. The Hall–Kier alpha value is -0.820. The van der Waals surface area contributed by atoms with E-state index in [9.17, 15) is 5.11 Å². The molecule has 0 spiro atoms. The Labute approximate surface area is 92.1 Å². The second-order valence-electron chi connectivity index (χ2n) is 4.55. The first-order valence-corrected chi connectivity index (χ1v) is 6.08. The molecule has 0 saturated carbocycles. The predicted octanol–water partition coefficient (Wildman–Crippen LogP) is 3.27. The minimum absolute atomic E-state index is 0.142. The Morgan fingerprint density at radius 2 is 2.20 bits per heavy atom. The Balaban J connectivity index is 2.21. The molecule has 0 amide bonds. The largest absolute Gasteiger partial charge is 0.392 e. The van der Waals surface area contributed by atoms with Crippen LogP contribution in [-0.2, 0) is 6.42 Å². The van der Waals surface area contributed by atoms with Crippen LogP contribution in [0.1, 0.15) is 49.7 Å². The molecule has 1 aliphatic carbocycles. The number of aliphatic hydroxyl groups excluding tert-OH is 1. The van der Waals surface area contributed by atoms with Gasteiger partial charge in [0.05, 0.1) is 6.10 Å². The lowest BCUT2D eigenvalue weighted by Crippen LogP contribution is -2.22. The molecule has 2 rings (SSSR count). The van der Waals surface area contributed by atoms with Crippen molar-refractivity contribution in [3.63, 3.8) is 0 Å². The monoisotopic (exact) mass is 204 g/mol. The first kappa shape index (κ1) is 10.7. The van der Waals surface area contributed by atoms with E-state index >= 15 is 0 Å². The average Bonchev–Trinajstić information content (AvgIpc) is 2.28. The zero-order valence-electron chi connectivity index (χ0n) is 9.45. The van der Waals surface area contributed by atoms with Crippen molar-refractivity contribution in [2.75, 3.05) is 0 Å². The molecule has 15 heavy (non-hydrogen) atoms. The van der Waals surface area contributed by atoms with E-state index in [1.807, 2.05) is 0 Å². The van der Waals surface area contributed by atoms with E-state index in [1.165, 1.54) is 24.0 Å². The Bertz CT molecular complexity index is 319. The molecular formula is C14H20O. The molecule has 0 aromatic heterocycles. The van der Waals surface area contributed by atoms with Crippen LogP contribution >= 0.6 is 0 Å². The van der Waals surface area contributed by atoms with Crippen LogP contribution in [0.4, 0.5) is 0 Å². The van der Waals surface area contributed by atoms with E-state index < -0.39 is 0 Å². The van der Waals surface area contributed by atoms with Gasteiger partial charge in [0.1, 0.15) is 0 Å². The van der Waals surface area contributed by atoms with Crippen LogP contribution in [0.5, 0.6) is 0 Å². The van der Waals surface area contributed by atoms with Crippen LogP contribution in [-0.4, -0.2) is 11.2 Å². The van der Waals surface area contributed by atoms with Crippen molar-refractivity contribution in [3.8, 4) is 0 Å². The molecule has 1 aliphatic rings. The fourth-order valence-corrected chi connectivity index (χ4v) is 2.69. The van der Waals surface area contributed by atoms with Crippen LogP contribution in [0.2, 0.25) is 0 Å². The number of aliphatic hydroxyl groups is 1. The fourth-order valence-electron chi connectivity index (χ4n) is 2.69. The first-order valence-electron chi connectivity index (χ1n) is 6.08. The summed E-state index contributed by atoms with van der Waals surface area (Å²) in [5.74, 6) is 0.384. The van der Waals surface area contributed by atoms with Crippen molar-refractivity contribution in [2.45, 2.75) is 51.0 Å². The smallest absolute Gasteiger partial charge is 0.0608 e. The summed E-state index contributed by atoms with van der Waals surface area (Å²) < 4.78 is 0. The highest BCUT2D eigenvalue weighted by Gasteiger charge is 2.25. The second kappa shape index (κ2) is 4.80. The maximum absolute atomic E-state index is 10.1. The summed E-state index contributed by atoms with van der Waals surface area (Å²) in [6.45, 7) is 2.14. The molecule has 0 aliphatic heterocycles. The standard InChI is InChI=1S/C14H20O/c1-2-6-14(15)13-10-5-8-11-7-3-4-9-12(11)13/h3-4,7,9,13-15H,2,5-6,8,10H2,1H3/t13?,14-/m0/s1. The predicted molar refractivity (Wildman–Crippen MR) is 63.0 cm³/mol. The van der Waals surface area contributed by atoms with E-state index in [2.05, 4.69) is 31.2 Å². The number of aryl methyl sites for hydroxylation is 1. The summed E-state index contributed by atoms with van der Waals surface area (Å²) in [7, 11) is 0. The molecule has 82 valence electrons. The zero-order chi connectivity index (χ0) is 10.7. The molecule has 1 nitrogen and oxygen atoms in total. The lowest BCUT2D eigenvalue weighted by Gasteiger charge is -2.29. The van der Waals surface area contributed by atoms with Gasteiger partial charge in [-0.05, 0) is 36.8 Å². The highest BCUT2D eigenvalue weighted by Crippen LogP contribution is 2.35. The molecule has 0 fully saturated rings. The van der Waals surface area contributed by atoms with E-state index in [1.54, 1.807) is 0 Å². The summed E-state index contributed by atoms with van der Waals surface area (Å²) in [5.41, 5.74) is 2.84. The van der Waals surface area contributed by atoms with Crippen LogP contribution in [0.25, 0.3) is 0 Å². The van der Waals surface area contributed by atoms with Gasteiger partial charge in [-0.1, -0.05) is 37.6 Å². The Morgan fingerprint density at radius 3 is 3.00 bits per heavy atom. The molecular weight excluding hydrogens is 184 g/mol. The molecule has 0 radical (unpaired) electrons. The SMILES string of the molecule is CCC[C@H](O)C1CCCc2ccccc21.